The number of hydrogen-bond acceptors (Lipinski definition) is 4. The van der Waals surface area contributed by atoms with Crippen LogP contribution in [0.5, 0.6) is 0 Å². The lowest BCUT2D eigenvalue weighted by Crippen LogP contribution is -2.21. The lowest BCUT2D eigenvalue weighted by Gasteiger charge is -2.15. The van der Waals surface area contributed by atoms with Gasteiger partial charge in [-0.3, -0.25) is 14.9 Å². The van der Waals surface area contributed by atoms with E-state index in [0.29, 0.717) is 12.0 Å². The fraction of sp³-hybridized carbons (Fsp3) is 0.211. The van der Waals surface area contributed by atoms with E-state index in [9.17, 15) is 4.79 Å². The van der Waals surface area contributed by atoms with E-state index < -0.39 is 0 Å². The molecule has 1 aliphatic heterocycles. The Labute approximate surface area is 148 Å². The van der Waals surface area contributed by atoms with Crippen molar-refractivity contribution in [3.8, 4) is 0 Å². The van der Waals surface area contributed by atoms with E-state index in [2.05, 4.69) is 44.9 Å². The number of hydrazone groups is 1. The van der Waals surface area contributed by atoms with Gasteiger partial charge in [-0.05, 0) is 23.8 Å². The second-order valence-corrected chi connectivity index (χ2v) is 6.22. The minimum absolute atomic E-state index is 0. The fourth-order valence-electron chi connectivity index (χ4n) is 3.22. The second kappa shape index (κ2) is 6.05. The van der Waals surface area contributed by atoms with Crippen molar-refractivity contribution in [3.63, 3.8) is 0 Å². The van der Waals surface area contributed by atoms with Crippen LogP contribution in [0.2, 0.25) is 0 Å². The van der Waals surface area contributed by atoms with Gasteiger partial charge in [-0.2, -0.15) is 10.2 Å². The summed E-state index contributed by atoms with van der Waals surface area (Å²) in [5.41, 5.74) is 4.85. The number of benzene rings is 1. The van der Waals surface area contributed by atoms with Crippen LogP contribution < -0.4 is 5.32 Å². The summed E-state index contributed by atoms with van der Waals surface area (Å²) in [6.45, 7) is 0. The Hall–Kier alpha value is -3.15. The van der Waals surface area contributed by atoms with Crippen LogP contribution in [0.15, 0.2) is 58.8 Å². The topological polar surface area (TPSA) is 73.4 Å². The number of amides is 1. The SMILES string of the molecule is CNC(=O)c1ccc2n[nH]c(CC3=CC=CC4C(=C3)C=NN4C)c2c1.[HH].[HH]. The van der Waals surface area contributed by atoms with Gasteiger partial charge >= 0.3 is 0 Å². The highest BCUT2D eigenvalue weighted by atomic mass is 16.1. The normalized spacial score (nSPS) is 18.8. The summed E-state index contributed by atoms with van der Waals surface area (Å²) in [6, 6.07) is 5.75. The summed E-state index contributed by atoms with van der Waals surface area (Å²) < 4.78 is 0. The molecule has 6 heteroatoms. The van der Waals surface area contributed by atoms with Crippen molar-refractivity contribution in [2.75, 3.05) is 14.1 Å². The number of nitrogens with zero attached hydrogens (tertiary/aromatic N) is 3. The van der Waals surface area contributed by atoms with E-state index in [4.69, 9.17) is 0 Å². The van der Waals surface area contributed by atoms with Gasteiger partial charge in [0.1, 0.15) is 0 Å². The molecular formula is C19H23N5O. The first-order valence-electron chi connectivity index (χ1n) is 8.20. The molecule has 2 aromatic rings. The van der Waals surface area contributed by atoms with Crippen LogP contribution in [0.1, 0.15) is 18.9 Å². The molecular weight excluding hydrogens is 314 g/mol. The van der Waals surface area contributed by atoms with Crippen LogP contribution >= 0.6 is 0 Å². The quantitative estimate of drug-likeness (QED) is 0.904. The third-order valence-corrected chi connectivity index (χ3v) is 4.59. The van der Waals surface area contributed by atoms with Crippen molar-refractivity contribution in [1.82, 2.24) is 20.5 Å². The first kappa shape index (κ1) is 15.4. The number of allylic oxidation sites excluding steroid dienone is 4. The second-order valence-electron chi connectivity index (χ2n) is 6.22. The molecule has 0 saturated carbocycles. The molecule has 1 unspecified atom stereocenters. The summed E-state index contributed by atoms with van der Waals surface area (Å²) in [5, 5.41) is 17.4. The summed E-state index contributed by atoms with van der Waals surface area (Å²) in [7, 11) is 3.61. The van der Waals surface area contributed by atoms with E-state index in [1.807, 2.05) is 30.4 Å². The Balaban J connectivity index is 0.00000131. The predicted octanol–water partition coefficient (Wildman–Crippen LogP) is 2.68. The lowest BCUT2D eigenvalue weighted by molar-refractivity contribution is 0.0963. The minimum atomic E-state index is -0.0965. The van der Waals surface area contributed by atoms with Crippen LogP contribution in [0.4, 0.5) is 0 Å². The third-order valence-electron chi connectivity index (χ3n) is 4.59. The molecule has 130 valence electrons. The van der Waals surface area contributed by atoms with Crippen LogP contribution in [0.3, 0.4) is 0 Å². The Bertz CT molecular complexity index is 974. The highest BCUT2D eigenvalue weighted by Crippen LogP contribution is 2.25. The number of fused-ring (bicyclic) bond motifs is 2. The van der Waals surface area contributed by atoms with Crippen molar-refractivity contribution in [3.05, 3.63) is 64.9 Å². The molecule has 0 fully saturated rings. The Kier molecular flexibility index (Phi) is 3.72. The van der Waals surface area contributed by atoms with Crippen molar-refractivity contribution in [2.45, 2.75) is 12.5 Å². The maximum Gasteiger partial charge on any atom is 0.251 e. The Morgan fingerprint density at radius 3 is 3.16 bits per heavy atom. The van der Waals surface area contributed by atoms with Gasteiger partial charge in [-0.15, -0.1) is 0 Å². The molecule has 6 nitrogen and oxygen atoms in total. The largest absolute Gasteiger partial charge is 0.355 e. The van der Waals surface area contributed by atoms with Crippen LogP contribution in [-0.2, 0) is 6.42 Å². The summed E-state index contributed by atoms with van der Waals surface area (Å²) in [6.07, 6.45) is 11.1. The maximum absolute atomic E-state index is 11.9. The van der Waals surface area contributed by atoms with Crippen LogP contribution in [0, 0.1) is 0 Å². The summed E-state index contributed by atoms with van der Waals surface area (Å²) in [4.78, 5) is 11.9. The number of hydrogen-bond donors (Lipinski definition) is 2. The minimum Gasteiger partial charge on any atom is -0.355 e. The predicted molar refractivity (Wildman–Crippen MR) is 103 cm³/mol. The molecule has 0 spiro atoms. The zero-order chi connectivity index (χ0) is 17.4. The molecule has 1 atom stereocenters. The van der Waals surface area contributed by atoms with Crippen molar-refractivity contribution in [2.24, 2.45) is 5.10 Å². The highest BCUT2D eigenvalue weighted by Gasteiger charge is 2.21. The van der Waals surface area contributed by atoms with Gasteiger partial charge in [0, 0.05) is 45.6 Å². The van der Waals surface area contributed by atoms with Gasteiger partial charge in [0.25, 0.3) is 5.91 Å². The molecule has 2 heterocycles. The smallest absolute Gasteiger partial charge is 0.251 e. The monoisotopic (exact) mass is 337 g/mol. The van der Waals surface area contributed by atoms with Gasteiger partial charge in [0.15, 0.2) is 0 Å². The number of likely N-dealkylation sites (N-methyl/N-ethyl adjacent to an activating group) is 1. The standard InChI is InChI=1S/C19H19N5O.2H2/c1-20-19(25)13-6-7-16-15(10-13)17(23-22-16)9-12-4-3-5-18-14(8-12)11-21-24(18)2;;/h3-8,10-11,18H,9H2,1-2H3,(H,20,25)(H,22,23);2*1H. The number of H-pyrrole nitrogens is 1. The molecule has 2 aliphatic rings. The van der Waals surface area contributed by atoms with Gasteiger partial charge in [-0.25, -0.2) is 0 Å². The van der Waals surface area contributed by atoms with E-state index in [1.54, 1.807) is 13.1 Å². The fourth-order valence-corrected chi connectivity index (χ4v) is 3.22. The molecule has 4 rings (SSSR count). The van der Waals surface area contributed by atoms with Gasteiger partial charge in [-0.1, -0.05) is 24.3 Å². The molecule has 0 bridgehead atoms. The molecule has 1 amide bonds. The molecule has 2 N–H and O–H groups in total. The van der Waals surface area contributed by atoms with Gasteiger partial charge in [0.05, 0.1) is 17.8 Å². The molecule has 1 aromatic carbocycles. The zero-order valence-electron chi connectivity index (χ0n) is 14.2. The zero-order valence-corrected chi connectivity index (χ0v) is 14.2. The van der Waals surface area contributed by atoms with E-state index in [-0.39, 0.29) is 14.8 Å². The molecule has 25 heavy (non-hydrogen) atoms. The van der Waals surface area contributed by atoms with Crippen LogP contribution in [-0.4, -0.2) is 47.5 Å². The number of carbonyl (C=O) groups excluding carboxylic acids is 1. The lowest BCUT2D eigenvalue weighted by atomic mass is 10.0. The average molecular weight is 337 g/mol. The summed E-state index contributed by atoms with van der Waals surface area (Å²) >= 11 is 0. The van der Waals surface area contributed by atoms with Crippen molar-refractivity contribution >= 4 is 23.0 Å². The van der Waals surface area contributed by atoms with Gasteiger partial charge in [0.2, 0.25) is 0 Å². The average Bonchev–Trinajstić information content (AvgIpc) is 3.10. The van der Waals surface area contributed by atoms with E-state index in [0.717, 1.165) is 16.6 Å². The van der Waals surface area contributed by atoms with Crippen molar-refractivity contribution in [1.29, 1.82) is 0 Å². The first-order chi connectivity index (χ1) is 12.2. The summed E-state index contributed by atoms with van der Waals surface area (Å²) in [5.74, 6) is -0.0965. The number of aromatic nitrogens is 2. The third kappa shape index (κ3) is 2.76. The first-order valence-corrected chi connectivity index (χ1v) is 8.20. The Morgan fingerprint density at radius 2 is 2.32 bits per heavy atom. The highest BCUT2D eigenvalue weighted by molar-refractivity contribution is 5.98. The Morgan fingerprint density at radius 1 is 1.44 bits per heavy atom. The van der Waals surface area contributed by atoms with Crippen LogP contribution in [0.25, 0.3) is 10.9 Å². The van der Waals surface area contributed by atoms with Gasteiger partial charge < -0.3 is 5.32 Å². The molecule has 0 saturated heterocycles. The number of aromatic amines is 1. The molecule has 0 radical (unpaired) electrons. The number of rotatable bonds is 3. The van der Waals surface area contributed by atoms with E-state index in [1.165, 1.54) is 11.1 Å². The van der Waals surface area contributed by atoms with E-state index >= 15 is 0 Å². The number of nitrogens with one attached hydrogen (secondary N) is 2. The molecule has 1 aliphatic carbocycles. The maximum atomic E-state index is 11.9. The number of carbonyl (C=O) groups is 1. The molecule has 1 aromatic heterocycles. The van der Waals surface area contributed by atoms with Crippen molar-refractivity contribution < 1.29 is 7.65 Å².